The Labute approximate surface area is 88.9 Å². The van der Waals surface area contributed by atoms with Crippen LogP contribution < -0.4 is 0 Å². The van der Waals surface area contributed by atoms with E-state index in [-0.39, 0.29) is 10.3 Å². The Kier molecular flexibility index (Phi) is 2.29. The van der Waals surface area contributed by atoms with Gasteiger partial charge in [-0.1, -0.05) is 24.3 Å². The fourth-order valence-corrected chi connectivity index (χ4v) is 2.37. The molecule has 2 atom stereocenters. The molecular formula is C11H12Cl2. The molecule has 1 aliphatic rings. The number of hydrogen-bond donors (Lipinski definition) is 0. The fourth-order valence-electron chi connectivity index (χ4n) is 1.84. The van der Waals surface area contributed by atoms with Crippen LogP contribution in [0, 0.1) is 0 Å². The van der Waals surface area contributed by atoms with Crippen LogP contribution in [0.2, 0.25) is 0 Å². The summed E-state index contributed by atoms with van der Waals surface area (Å²) in [6.07, 6.45) is 2.00. The van der Waals surface area contributed by atoms with Crippen LogP contribution in [-0.2, 0) is 6.42 Å². The van der Waals surface area contributed by atoms with Crippen LogP contribution in [0.15, 0.2) is 24.3 Å². The van der Waals surface area contributed by atoms with Gasteiger partial charge in [0.1, 0.15) is 0 Å². The standard InChI is InChI=1S/C11H12Cl2/c1-11(13)7-6-8-4-2-3-5-9(8)10(11)12/h2-5,10H,6-7H2,1H3/t10-,11-/m1/s1. The highest BCUT2D eigenvalue weighted by atomic mass is 35.5. The number of benzene rings is 1. The van der Waals surface area contributed by atoms with Crippen molar-refractivity contribution in [3.8, 4) is 0 Å². The highest BCUT2D eigenvalue weighted by Crippen LogP contribution is 2.45. The average molecular weight is 215 g/mol. The van der Waals surface area contributed by atoms with Crippen LogP contribution in [-0.4, -0.2) is 4.87 Å². The summed E-state index contributed by atoms with van der Waals surface area (Å²) < 4.78 is 0. The lowest BCUT2D eigenvalue weighted by Crippen LogP contribution is -2.28. The second kappa shape index (κ2) is 3.18. The first kappa shape index (κ1) is 9.36. The third-order valence-electron chi connectivity index (χ3n) is 2.74. The lowest BCUT2D eigenvalue weighted by Gasteiger charge is -2.34. The first-order chi connectivity index (χ1) is 6.11. The highest BCUT2D eigenvalue weighted by molar-refractivity contribution is 6.32. The number of hydrogen-bond acceptors (Lipinski definition) is 0. The minimum atomic E-state index is -0.282. The van der Waals surface area contributed by atoms with E-state index in [4.69, 9.17) is 23.2 Å². The van der Waals surface area contributed by atoms with E-state index in [0.717, 1.165) is 12.8 Å². The SMILES string of the molecule is C[C@@]1(Cl)CCc2ccccc2[C@H]1Cl. The lowest BCUT2D eigenvalue weighted by atomic mass is 9.84. The number of aryl methyl sites for hydroxylation is 1. The van der Waals surface area contributed by atoms with Crippen molar-refractivity contribution in [1.82, 2.24) is 0 Å². The maximum Gasteiger partial charge on any atom is 0.0777 e. The Morgan fingerprint density at radius 3 is 2.85 bits per heavy atom. The van der Waals surface area contributed by atoms with E-state index < -0.39 is 0 Å². The van der Waals surface area contributed by atoms with Crippen LogP contribution in [0.25, 0.3) is 0 Å². The molecule has 2 rings (SSSR count). The molecule has 0 aliphatic heterocycles. The Morgan fingerprint density at radius 1 is 1.38 bits per heavy atom. The van der Waals surface area contributed by atoms with Crippen LogP contribution in [0.4, 0.5) is 0 Å². The maximum atomic E-state index is 6.32. The molecule has 1 aromatic carbocycles. The van der Waals surface area contributed by atoms with E-state index in [9.17, 15) is 0 Å². The molecule has 0 heterocycles. The molecule has 0 saturated carbocycles. The van der Waals surface area contributed by atoms with Crippen molar-refractivity contribution in [2.75, 3.05) is 0 Å². The van der Waals surface area contributed by atoms with Crippen molar-refractivity contribution >= 4 is 23.2 Å². The Bertz CT molecular complexity index is 318. The molecular weight excluding hydrogens is 203 g/mol. The van der Waals surface area contributed by atoms with Gasteiger partial charge in [0.25, 0.3) is 0 Å². The normalized spacial score (nSPS) is 32.7. The van der Waals surface area contributed by atoms with Gasteiger partial charge in [0.05, 0.1) is 10.3 Å². The molecule has 0 N–H and O–H groups in total. The van der Waals surface area contributed by atoms with Crippen LogP contribution in [0.3, 0.4) is 0 Å². The van der Waals surface area contributed by atoms with E-state index in [1.165, 1.54) is 11.1 Å². The first-order valence-electron chi connectivity index (χ1n) is 4.52. The maximum absolute atomic E-state index is 6.32. The van der Waals surface area contributed by atoms with Crippen molar-refractivity contribution in [2.24, 2.45) is 0 Å². The van der Waals surface area contributed by atoms with E-state index in [0.29, 0.717) is 0 Å². The predicted octanol–water partition coefficient (Wildman–Crippen LogP) is 3.91. The van der Waals surface area contributed by atoms with Gasteiger partial charge in [-0.3, -0.25) is 0 Å². The molecule has 0 unspecified atom stereocenters. The molecule has 0 bridgehead atoms. The molecule has 1 aliphatic carbocycles. The van der Waals surface area contributed by atoms with E-state index in [1.807, 2.05) is 13.0 Å². The summed E-state index contributed by atoms with van der Waals surface area (Å²) in [4.78, 5) is -0.282. The molecule has 2 heteroatoms. The Hall–Kier alpha value is -0.200. The van der Waals surface area contributed by atoms with Crippen molar-refractivity contribution in [1.29, 1.82) is 0 Å². The van der Waals surface area contributed by atoms with Crippen molar-refractivity contribution in [3.05, 3.63) is 35.4 Å². The molecule has 70 valence electrons. The van der Waals surface area contributed by atoms with Crippen LogP contribution in [0.5, 0.6) is 0 Å². The minimum absolute atomic E-state index is 0.0564. The van der Waals surface area contributed by atoms with Gasteiger partial charge in [0, 0.05) is 0 Å². The number of alkyl halides is 2. The van der Waals surface area contributed by atoms with Gasteiger partial charge in [0.2, 0.25) is 0 Å². The quantitative estimate of drug-likeness (QED) is 0.575. The average Bonchev–Trinajstić information content (AvgIpc) is 2.13. The minimum Gasteiger partial charge on any atom is -0.118 e. The second-order valence-electron chi connectivity index (χ2n) is 3.84. The van der Waals surface area contributed by atoms with Gasteiger partial charge in [-0.05, 0) is 30.9 Å². The fraction of sp³-hybridized carbons (Fsp3) is 0.455. The van der Waals surface area contributed by atoms with Crippen molar-refractivity contribution in [2.45, 2.75) is 30.0 Å². The molecule has 1 aromatic rings. The van der Waals surface area contributed by atoms with E-state index >= 15 is 0 Å². The third-order valence-corrected chi connectivity index (χ3v) is 3.98. The molecule has 0 nitrogen and oxygen atoms in total. The number of fused-ring (bicyclic) bond motifs is 1. The molecule has 0 fully saturated rings. The van der Waals surface area contributed by atoms with Crippen LogP contribution in [0.1, 0.15) is 29.8 Å². The second-order valence-corrected chi connectivity index (χ2v) is 5.14. The first-order valence-corrected chi connectivity index (χ1v) is 5.33. The summed E-state index contributed by atoms with van der Waals surface area (Å²) in [5.74, 6) is 0. The predicted molar refractivity (Wildman–Crippen MR) is 57.6 cm³/mol. The Morgan fingerprint density at radius 2 is 2.08 bits per heavy atom. The zero-order valence-corrected chi connectivity index (χ0v) is 9.07. The van der Waals surface area contributed by atoms with Crippen LogP contribution >= 0.6 is 23.2 Å². The van der Waals surface area contributed by atoms with Gasteiger partial charge in [0.15, 0.2) is 0 Å². The molecule has 0 saturated heterocycles. The monoisotopic (exact) mass is 214 g/mol. The zero-order chi connectivity index (χ0) is 9.47. The number of rotatable bonds is 0. The summed E-state index contributed by atoms with van der Waals surface area (Å²) in [5.41, 5.74) is 2.55. The van der Waals surface area contributed by atoms with Gasteiger partial charge >= 0.3 is 0 Å². The van der Waals surface area contributed by atoms with E-state index in [1.54, 1.807) is 0 Å². The third kappa shape index (κ3) is 1.58. The summed E-state index contributed by atoms with van der Waals surface area (Å²) in [6.45, 7) is 2.02. The molecule has 0 spiro atoms. The van der Waals surface area contributed by atoms with Crippen molar-refractivity contribution in [3.63, 3.8) is 0 Å². The van der Waals surface area contributed by atoms with Crippen molar-refractivity contribution < 1.29 is 0 Å². The van der Waals surface area contributed by atoms with Gasteiger partial charge in [-0.2, -0.15) is 0 Å². The lowest BCUT2D eigenvalue weighted by molar-refractivity contribution is 0.524. The summed E-state index contributed by atoms with van der Waals surface area (Å²) >= 11 is 12.6. The Balaban J connectivity index is 2.45. The topological polar surface area (TPSA) is 0 Å². The molecule has 0 aromatic heterocycles. The molecule has 0 amide bonds. The van der Waals surface area contributed by atoms with E-state index in [2.05, 4.69) is 18.2 Å². The molecule has 13 heavy (non-hydrogen) atoms. The van der Waals surface area contributed by atoms with Gasteiger partial charge < -0.3 is 0 Å². The summed E-state index contributed by atoms with van der Waals surface area (Å²) in [5, 5.41) is -0.0564. The smallest absolute Gasteiger partial charge is 0.0777 e. The highest BCUT2D eigenvalue weighted by Gasteiger charge is 2.36. The number of halogens is 2. The molecule has 0 radical (unpaired) electrons. The summed E-state index contributed by atoms with van der Waals surface area (Å²) in [6, 6.07) is 8.29. The zero-order valence-electron chi connectivity index (χ0n) is 7.56. The largest absolute Gasteiger partial charge is 0.118 e. The van der Waals surface area contributed by atoms with Gasteiger partial charge in [-0.25, -0.2) is 0 Å². The van der Waals surface area contributed by atoms with Gasteiger partial charge in [-0.15, -0.1) is 23.2 Å². The summed E-state index contributed by atoms with van der Waals surface area (Å²) in [7, 11) is 0.